The van der Waals surface area contributed by atoms with E-state index in [0.717, 1.165) is 16.5 Å². The lowest BCUT2D eigenvalue weighted by molar-refractivity contribution is 1.21. The summed E-state index contributed by atoms with van der Waals surface area (Å²) >= 11 is 6.09. The van der Waals surface area contributed by atoms with Gasteiger partial charge in [-0.05, 0) is 44.4 Å². The van der Waals surface area contributed by atoms with E-state index in [2.05, 4.69) is 57.4 Å². The third-order valence-electron chi connectivity index (χ3n) is 3.32. The van der Waals surface area contributed by atoms with Gasteiger partial charge >= 0.3 is 0 Å². The molecule has 0 aliphatic rings. The number of benzene rings is 1. The van der Waals surface area contributed by atoms with Crippen molar-refractivity contribution in [2.75, 3.05) is 0 Å². The van der Waals surface area contributed by atoms with Crippen molar-refractivity contribution < 1.29 is 0 Å². The summed E-state index contributed by atoms with van der Waals surface area (Å²) in [4.78, 5) is 5.92. The molecule has 90 valence electrons. The van der Waals surface area contributed by atoms with Crippen LogP contribution < -0.4 is 0 Å². The zero-order chi connectivity index (χ0) is 12.6. The Labute approximate surface area is 112 Å². The van der Waals surface area contributed by atoms with Gasteiger partial charge in [-0.1, -0.05) is 12.1 Å². The van der Waals surface area contributed by atoms with Crippen molar-refractivity contribution >= 4 is 24.0 Å². The predicted octanol–water partition coefficient (Wildman–Crippen LogP) is 4.47. The third kappa shape index (κ3) is 2.26. The molecule has 2 rings (SSSR count). The summed E-state index contributed by atoms with van der Waals surface area (Å²) in [6.07, 6.45) is 0. The van der Waals surface area contributed by atoms with E-state index in [0.29, 0.717) is 0 Å². The largest absolute Gasteiger partial charge is 0.241 e. The molecule has 0 aliphatic heterocycles. The lowest BCUT2D eigenvalue weighted by Crippen LogP contribution is -1.90. The Bertz CT molecular complexity index is 556. The average Bonchev–Trinajstić information content (AvgIpc) is 2.67. The van der Waals surface area contributed by atoms with E-state index in [1.54, 1.807) is 11.3 Å². The minimum atomic E-state index is 0.771. The van der Waals surface area contributed by atoms with E-state index in [9.17, 15) is 0 Å². The first-order chi connectivity index (χ1) is 8.04. The summed E-state index contributed by atoms with van der Waals surface area (Å²) in [5.41, 5.74) is 6.41. The molecule has 3 heteroatoms. The molecule has 0 saturated heterocycles. The van der Waals surface area contributed by atoms with Crippen LogP contribution in [0.3, 0.4) is 0 Å². The molecule has 0 unspecified atom stereocenters. The number of aromatic nitrogens is 1. The molecule has 0 spiro atoms. The van der Waals surface area contributed by atoms with Gasteiger partial charge in [-0.3, -0.25) is 0 Å². The van der Waals surface area contributed by atoms with Crippen LogP contribution in [0.1, 0.15) is 27.3 Å². The molecule has 1 aromatic carbocycles. The highest BCUT2D eigenvalue weighted by atomic mass is 32.1. The van der Waals surface area contributed by atoms with Crippen molar-refractivity contribution in [3.05, 3.63) is 39.4 Å². The summed E-state index contributed by atoms with van der Waals surface area (Å²) in [6, 6.07) is 4.35. The normalized spacial score (nSPS) is 10.9. The molecule has 2 aromatic rings. The number of thiazole rings is 1. The molecule has 0 N–H and O–H groups in total. The molecule has 0 bridgehead atoms. The van der Waals surface area contributed by atoms with Gasteiger partial charge in [-0.2, -0.15) is 12.6 Å². The molecule has 17 heavy (non-hydrogen) atoms. The fourth-order valence-corrected chi connectivity index (χ4v) is 3.31. The molecule has 0 saturated carbocycles. The molecule has 0 amide bonds. The summed E-state index contributed by atoms with van der Waals surface area (Å²) in [5.74, 6) is 0.771. The van der Waals surface area contributed by atoms with Crippen LogP contribution in [-0.4, -0.2) is 4.98 Å². The van der Waals surface area contributed by atoms with Crippen LogP contribution in [0.15, 0.2) is 12.1 Å². The van der Waals surface area contributed by atoms with Gasteiger partial charge in [0, 0.05) is 16.2 Å². The highest BCUT2D eigenvalue weighted by Crippen LogP contribution is 2.32. The predicted molar refractivity (Wildman–Crippen MR) is 79.2 cm³/mol. The highest BCUT2D eigenvalue weighted by molar-refractivity contribution is 7.79. The lowest BCUT2D eigenvalue weighted by Gasteiger charge is -2.08. The summed E-state index contributed by atoms with van der Waals surface area (Å²) in [5, 5.41) is 1.12. The van der Waals surface area contributed by atoms with Gasteiger partial charge in [-0.15, -0.1) is 11.3 Å². The number of thiol groups is 1. The smallest absolute Gasteiger partial charge is 0.124 e. The van der Waals surface area contributed by atoms with Gasteiger partial charge in [0.15, 0.2) is 0 Å². The van der Waals surface area contributed by atoms with Crippen molar-refractivity contribution in [1.82, 2.24) is 4.98 Å². The SMILES string of the molecule is Cc1ccc(-c2nc(C)c(CS)s2)c(C)c1C. The third-order valence-corrected chi connectivity index (χ3v) is 5.05. The maximum absolute atomic E-state index is 4.65. The number of hydrogen-bond acceptors (Lipinski definition) is 3. The Balaban J connectivity index is 2.57. The number of hydrogen-bond donors (Lipinski definition) is 1. The van der Waals surface area contributed by atoms with Crippen molar-refractivity contribution in [2.24, 2.45) is 0 Å². The van der Waals surface area contributed by atoms with E-state index >= 15 is 0 Å². The molecular weight excluding hydrogens is 246 g/mol. The molecule has 0 aliphatic carbocycles. The van der Waals surface area contributed by atoms with Crippen LogP contribution in [0.2, 0.25) is 0 Å². The first-order valence-corrected chi connectivity index (χ1v) is 7.13. The van der Waals surface area contributed by atoms with E-state index in [-0.39, 0.29) is 0 Å². The van der Waals surface area contributed by atoms with E-state index in [1.165, 1.54) is 27.1 Å². The molecule has 1 heterocycles. The van der Waals surface area contributed by atoms with Crippen molar-refractivity contribution in [3.8, 4) is 10.6 Å². The Morgan fingerprint density at radius 2 is 1.82 bits per heavy atom. The number of nitrogens with zero attached hydrogens (tertiary/aromatic N) is 1. The van der Waals surface area contributed by atoms with Gasteiger partial charge in [-0.25, -0.2) is 4.98 Å². The number of aryl methyl sites for hydroxylation is 2. The second-order valence-corrected chi connectivity index (χ2v) is 5.77. The van der Waals surface area contributed by atoms with Crippen molar-refractivity contribution in [3.63, 3.8) is 0 Å². The highest BCUT2D eigenvalue weighted by Gasteiger charge is 2.12. The minimum absolute atomic E-state index is 0.771. The van der Waals surface area contributed by atoms with Crippen LogP contribution in [0.25, 0.3) is 10.6 Å². The monoisotopic (exact) mass is 263 g/mol. The van der Waals surface area contributed by atoms with Crippen LogP contribution in [0.5, 0.6) is 0 Å². The summed E-state index contributed by atoms with van der Waals surface area (Å²) in [7, 11) is 0. The molecular formula is C14H17NS2. The second-order valence-electron chi connectivity index (χ2n) is 4.37. The van der Waals surface area contributed by atoms with E-state index < -0.39 is 0 Å². The second kappa shape index (κ2) is 4.83. The van der Waals surface area contributed by atoms with Crippen LogP contribution >= 0.6 is 24.0 Å². The zero-order valence-electron chi connectivity index (χ0n) is 10.7. The van der Waals surface area contributed by atoms with Crippen molar-refractivity contribution in [2.45, 2.75) is 33.4 Å². The van der Waals surface area contributed by atoms with Gasteiger partial charge in [0.2, 0.25) is 0 Å². The van der Waals surface area contributed by atoms with E-state index in [4.69, 9.17) is 0 Å². The Hall–Kier alpha value is -0.800. The molecule has 1 aromatic heterocycles. The Morgan fingerprint density at radius 3 is 2.41 bits per heavy atom. The van der Waals surface area contributed by atoms with Crippen LogP contribution in [0, 0.1) is 27.7 Å². The fraction of sp³-hybridized carbons (Fsp3) is 0.357. The quantitative estimate of drug-likeness (QED) is 0.789. The van der Waals surface area contributed by atoms with Crippen molar-refractivity contribution in [1.29, 1.82) is 0 Å². The molecule has 1 nitrogen and oxygen atoms in total. The van der Waals surface area contributed by atoms with Gasteiger partial charge < -0.3 is 0 Å². The first-order valence-electron chi connectivity index (χ1n) is 5.69. The standard InChI is InChI=1S/C14H17NS2/c1-8-5-6-12(10(3)9(8)2)14-15-11(4)13(7-16)17-14/h5-6,16H,7H2,1-4H3. The first kappa shape index (κ1) is 12.7. The average molecular weight is 263 g/mol. The topological polar surface area (TPSA) is 12.9 Å². The summed E-state index contributed by atoms with van der Waals surface area (Å²) in [6.45, 7) is 8.56. The van der Waals surface area contributed by atoms with Gasteiger partial charge in [0.1, 0.15) is 5.01 Å². The van der Waals surface area contributed by atoms with Gasteiger partial charge in [0.05, 0.1) is 5.69 Å². The molecule has 0 atom stereocenters. The maximum Gasteiger partial charge on any atom is 0.124 e. The minimum Gasteiger partial charge on any atom is -0.241 e. The lowest BCUT2D eigenvalue weighted by atomic mass is 9.99. The summed E-state index contributed by atoms with van der Waals surface area (Å²) < 4.78 is 0. The zero-order valence-corrected chi connectivity index (χ0v) is 12.4. The fourth-order valence-electron chi connectivity index (χ4n) is 1.88. The van der Waals surface area contributed by atoms with Gasteiger partial charge in [0.25, 0.3) is 0 Å². The maximum atomic E-state index is 4.65. The van der Waals surface area contributed by atoms with E-state index in [1.807, 2.05) is 0 Å². The van der Waals surface area contributed by atoms with Crippen LogP contribution in [-0.2, 0) is 5.75 Å². The number of rotatable bonds is 2. The Morgan fingerprint density at radius 1 is 1.12 bits per heavy atom. The molecule has 0 radical (unpaired) electrons. The Kier molecular flexibility index (Phi) is 3.59. The molecule has 0 fully saturated rings. The van der Waals surface area contributed by atoms with Crippen LogP contribution in [0.4, 0.5) is 0 Å².